The molecule has 0 aromatic carbocycles. The van der Waals surface area contributed by atoms with Crippen molar-refractivity contribution in [2.75, 3.05) is 13.1 Å². The quantitative estimate of drug-likeness (QED) is 0.767. The van der Waals surface area contributed by atoms with E-state index >= 15 is 0 Å². The first-order valence-electron chi connectivity index (χ1n) is 7.13. The van der Waals surface area contributed by atoms with Crippen LogP contribution in [0.2, 0.25) is 0 Å². The van der Waals surface area contributed by atoms with E-state index in [0.29, 0.717) is 18.7 Å². The molecule has 0 bridgehead atoms. The van der Waals surface area contributed by atoms with Gasteiger partial charge in [-0.2, -0.15) is 12.7 Å². The number of carboxylic acid groups (broad SMARTS) is 1. The van der Waals surface area contributed by atoms with Crippen LogP contribution in [0.1, 0.15) is 37.4 Å². The number of hydrogen-bond acceptors (Lipinski definition) is 5. The SMILES string of the molecule is CC1(C)CCCN1S(=O)(=O)NCCc1nc(CC(=O)O)cs1. The number of carbonyl (C=O) groups is 1. The number of nitrogens with one attached hydrogen (secondary N) is 1. The van der Waals surface area contributed by atoms with Crippen molar-refractivity contribution in [2.24, 2.45) is 0 Å². The summed E-state index contributed by atoms with van der Waals surface area (Å²) in [6.07, 6.45) is 2.08. The molecule has 0 amide bonds. The van der Waals surface area contributed by atoms with Crippen LogP contribution >= 0.6 is 11.3 Å². The molecule has 0 unspecified atom stereocenters. The van der Waals surface area contributed by atoms with E-state index in [1.165, 1.54) is 15.6 Å². The highest BCUT2D eigenvalue weighted by Crippen LogP contribution is 2.30. The number of aromatic nitrogens is 1. The topological polar surface area (TPSA) is 99.6 Å². The van der Waals surface area contributed by atoms with Crippen molar-refractivity contribution >= 4 is 27.5 Å². The fourth-order valence-corrected chi connectivity index (χ4v) is 5.02. The summed E-state index contributed by atoms with van der Waals surface area (Å²) < 4.78 is 28.7. The van der Waals surface area contributed by atoms with Gasteiger partial charge in [-0.05, 0) is 26.7 Å². The minimum atomic E-state index is -3.48. The minimum Gasteiger partial charge on any atom is -0.481 e. The average Bonchev–Trinajstić information content (AvgIpc) is 2.95. The molecule has 1 aromatic rings. The second-order valence-electron chi connectivity index (χ2n) is 5.94. The van der Waals surface area contributed by atoms with Gasteiger partial charge in [-0.3, -0.25) is 4.79 Å². The van der Waals surface area contributed by atoms with Crippen LogP contribution in [0.4, 0.5) is 0 Å². The van der Waals surface area contributed by atoms with E-state index in [2.05, 4.69) is 9.71 Å². The number of rotatable bonds is 7. The molecule has 1 fully saturated rings. The first-order valence-corrected chi connectivity index (χ1v) is 9.45. The van der Waals surface area contributed by atoms with Crippen LogP contribution < -0.4 is 4.72 Å². The molecule has 2 N–H and O–H groups in total. The summed E-state index contributed by atoms with van der Waals surface area (Å²) in [5.41, 5.74) is 0.165. The van der Waals surface area contributed by atoms with Gasteiger partial charge < -0.3 is 5.11 Å². The lowest BCUT2D eigenvalue weighted by Gasteiger charge is -2.30. The molecule has 0 aliphatic carbocycles. The number of nitrogens with zero attached hydrogens (tertiary/aromatic N) is 2. The molecular weight excluding hydrogens is 326 g/mol. The van der Waals surface area contributed by atoms with Crippen LogP contribution in [-0.2, 0) is 27.8 Å². The Labute approximate surface area is 134 Å². The standard InChI is InChI=1S/C13H21N3O4S2/c1-13(2)5-3-7-16(13)22(19,20)14-6-4-11-15-10(9-21-11)8-12(17)18/h9,14H,3-8H2,1-2H3,(H,17,18). The Balaban J connectivity index is 1.88. The van der Waals surface area contributed by atoms with Gasteiger partial charge in [0, 0.05) is 30.4 Å². The van der Waals surface area contributed by atoms with Crippen molar-refractivity contribution in [1.82, 2.24) is 14.0 Å². The predicted octanol–water partition coefficient (Wildman–Crippen LogP) is 1.02. The fraction of sp³-hybridized carbons (Fsp3) is 0.692. The van der Waals surface area contributed by atoms with Crippen molar-refractivity contribution < 1.29 is 18.3 Å². The van der Waals surface area contributed by atoms with Crippen molar-refractivity contribution in [3.05, 3.63) is 16.1 Å². The van der Waals surface area contributed by atoms with Crippen molar-refractivity contribution in [3.8, 4) is 0 Å². The van der Waals surface area contributed by atoms with Crippen LogP contribution in [0.15, 0.2) is 5.38 Å². The third kappa shape index (κ3) is 4.25. The lowest BCUT2D eigenvalue weighted by Crippen LogP contribution is -2.48. The highest BCUT2D eigenvalue weighted by Gasteiger charge is 2.39. The molecule has 0 radical (unpaired) electrons. The zero-order valence-corrected chi connectivity index (χ0v) is 14.3. The lowest BCUT2D eigenvalue weighted by molar-refractivity contribution is -0.136. The molecule has 1 aromatic heterocycles. The molecule has 2 rings (SSSR count). The Bertz CT molecular complexity index is 639. The summed E-state index contributed by atoms with van der Waals surface area (Å²) in [5, 5.41) is 11.1. The van der Waals surface area contributed by atoms with E-state index in [4.69, 9.17) is 5.11 Å². The zero-order chi connectivity index (χ0) is 16.4. The van der Waals surface area contributed by atoms with Crippen molar-refractivity contribution in [3.63, 3.8) is 0 Å². The molecule has 1 aliphatic heterocycles. The van der Waals surface area contributed by atoms with Crippen molar-refractivity contribution in [2.45, 2.75) is 45.1 Å². The Kier molecular flexibility index (Phi) is 5.21. The van der Waals surface area contributed by atoms with Gasteiger partial charge in [0.1, 0.15) is 0 Å². The smallest absolute Gasteiger partial charge is 0.309 e. The van der Waals surface area contributed by atoms with Gasteiger partial charge in [0.25, 0.3) is 10.2 Å². The lowest BCUT2D eigenvalue weighted by atomic mass is 10.0. The van der Waals surface area contributed by atoms with Gasteiger partial charge in [0.2, 0.25) is 0 Å². The Morgan fingerprint density at radius 3 is 2.86 bits per heavy atom. The molecule has 2 heterocycles. The van der Waals surface area contributed by atoms with E-state index in [1.54, 1.807) is 5.38 Å². The van der Waals surface area contributed by atoms with E-state index < -0.39 is 16.2 Å². The third-order valence-electron chi connectivity index (χ3n) is 3.67. The molecule has 0 saturated carbocycles. The Morgan fingerprint density at radius 1 is 1.55 bits per heavy atom. The van der Waals surface area contributed by atoms with E-state index in [-0.39, 0.29) is 18.5 Å². The van der Waals surface area contributed by atoms with Gasteiger partial charge in [-0.25, -0.2) is 9.71 Å². The monoisotopic (exact) mass is 347 g/mol. The van der Waals surface area contributed by atoms with Crippen LogP contribution in [0.5, 0.6) is 0 Å². The number of thiazole rings is 1. The van der Waals surface area contributed by atoms with E-state index in [1.807, 2.05) is 13.8 Å². The molecular formula is C13H21N3O4S2. The summed E-state index contributed by atoms with van der Waals surface area (Å²) >= 11 is 1.35. The molecule has 0 atom stereocenters. The first-order chi connectivity index (χ1) is 10.2. The van der Waals surface area contributed by atoms with Crippen LogP contribution in [0.25, 0.3) is 0 Å². The average molecular weight is 347 g/mol. The van der Waals surface area contributed by atoms with Crippen LogP contribution in [-0.4, -0.2) is 47.4 Å². The predicted molar refractivity (Wildman–Crippen MR) is 84.1 cm³/mol. The van der Waals surface area contributed by atoms with Crippen LogP contribution in [0.3, 0.4) is 0 Å². The van der Waals surface area contributed by atoms with Gasteiger partial charge in [0.15, 0.2) is 0 Å². The minimum absolute atomic E-state index is 0.107. The van der Waals surface area contributed by atoms with E-state index in [0.717, 1.165) is 17.8 Å². The highest BCUT2D eigenvalue weighted by atomic mass is 32.2. The van der Waals surface area contributed by atoms with Crippen LogP contribution in [0, 0.1) is 0 Å². The molecule has 124 valence electrons. The normalized spacial score (nSPS) is 18.6. The summed E-state index contributed by atoms with van der Waals surface area (Å²) in [6, 6.07) is 0. The largest absolute Gasteiger partial charge is 0.481 e. The summed E-state index contributed by atoms with van der Waals surface area (Å²) in [4.78, 5) is 14.8. The number of carboxylic acids is 1. The first kappa shape index (κ1) is 17.3. The highest BCUT2D eigenvalue weighted by molar-refractivity contribution is 7.87. The third-order valence-corrected chi connectivity index (χ3v) is 6.45. The van der Waals surface area contributed by atoms with Crippen molar-refractivity contribution in [1.29, 1.82) is 0 Å². The maximum absolute atomic E-state index is 12.3. The summed E-state index contributed by atoms with van der Waals surface area (Å²) in [5.74, 6) is -0.922. The summed E-state index contributed by atoms with van der Waals surface area (Å²) in [6.45, 7) is 4.66. The van der Waals surface area contributed by atoms with E-state index in [9.17, 15) is 13.2 Å². The molecule has 0 spiro atoms. The second kappa shape index (κ2) is 6.61. The number of hydrogen-bond donors (Lipinski definition) is 2. The van der Waals surface area contributed by atoms with Gasteiger partial charge >= 0.3 is 5.97 Å². The summed E-state index contributed by atoms with van der Waals surface area (Å²) in [7, 11) is -3.48. The fourth-order valence-electron chi connectivity index (χ4n) is 2.59. The maximum Gasteiger partial charge on any atom is 0.309 e. The molecule has 22 heavy (non-hydrogen) atoms. The second-order valence-corrected chi connectivity index (χ2v) is 8.56. The zero-order valence-electron chi connectivity index (χ0n) is 12.7. The van der Waals surface area contributed by atoms with Gasteiger partial charge in [-0.1, -0.05) is 0 Å². The van der Waals surface area contributed by atoms with Gasteiger partial charge in [-0.15, -0.1) is 11.3 Å². The molecule has 1 saturated heterocycles. The number of aliphatic carboxylic acids is 1. The van der Waals surface area contributed by atoms with Gasteiger partial charge in [0.05, 0.1) is 17.1 Å². The molecule has 9 heteroatoms. The molecule has 1 aliphatic rings. The Morgan fingerprint density at radius 2 is 2.27 bits per heavy atom. The maximum atomic E-state index is 12.3. The molecule has 7 nitrogen and oxygen atoms in total. The Hall–Kier alpha value is -1.03.